The van der Waals surface area contributed by atoms with Gasteiger partial charge in [-0.15, -0.1) is 11.3 Å². The van der Waals surface area contributed by atoms with Crippen LogP contribution in [0.15, 0.2) is 12.5 Å². The molecule has 0 amide bonds. The number of rotatable bonds is 3. The molecule has 94 valence electrons. The van der Waals surface area contributed by atoms with Crippen LogP contribution in [0.3, 0.4) is 0 Å². The zero-order valence-electron chi connectivity index (χ0n) is 10.2. The van der Waals surface area contributed by atoms with Crippen LogP contribution in [0.1, 0.15) is 34.2 Å². The number of hydrogen-bond acceptors (Lipinski definition) is 5. The van der Waals surface area contributed by atoms with Crippen molar-refractivity contribution in [3.8, 4) is 10.7 Å². The second-order valence-corrected chi connectivity index (χ2v) is 5.54. The molecule has 1 saturated carbocycles. The molecule has 0 aliphatic heterocycles. The van der Waals surface area contributed by atoms with E-state index in [1.165, 1.54) is 31.3 Å². The van der Waals surface area contributed by atoms with Crippen LogP contribution in [-0.4, -0.2) is 27.6 Å². The van der Waals surface area contributed by atoms with Crippen molar-refractivity contribution >= 4 is 17.3 Å². The third-order valence-corrected chi connectivity index (χ3v) is 3.99. The average molecular weight is 263 g/mol. The zero-order chi connectivity index (χ0) is 12.7. The molecule has 6 heteroatoms. The van der Waals surface area contributed by atoms with Crippen LogP contribution in [-0.2, 0) is 4.74 Å². The highest BCUT2D eigenvalue weighted by Crippen LogP contribution is 2.39. The van der Waals surface area contributed by atoms with Crippen molar-refractivity contribution in [2.75, 3.05) is 7.11 Å². The summed E-state index contributed by atoms with van der Waals surface area (Å²) in [7, 11) is 1.37. The minimum absolute atomic E-state index is 0.382. The molecule has 5 nitrogen and oxygen atoms in total. The minimum atomic E-state index is -0.382. The molecule has 0 saturated heterocycles. The summed E-state index contributed by atoms with van der Waals surface area (Å²) >= 11 is 1.50. The molecular weight excluding hydrogens is 250 g/mol. The molecule has 0 spiro atoms. The van der Waals surface area contributed by atoms with E-state index in [2.05, 4.69) is 14.5 Å². The molecule has 2 aromatic rings. The third-order valence-electron chi connectivity index (χ3n) is 3.00. The maximum atomic E-state index is 11.5. The lowest BCUT2D eigenvalue weighted by Crippen LogP contribution is -2.03. The predicted molar refractivity (Wildman–Crippen MR) is 67.7 cm³/mol. The number of aryl methyl sites for hydroxylation is 1. The highest BCUT2D eigenvalue weighted by molar-refractivity contribution is 7.15. The van der Waals surface area contributed by atoms with Gasteiger partial charge in [0.05, 0.1) is 25.3 Å². The predicted octanol–water partition coefficient (Wildman–Crippen LogP) is 2.44. The van der Waals surface area contributed by atoms with E-state index in [4.69, 9.17) is 4.74 Å². The van der Waals surface area contributed by atoms with E-state index < -0.39 is 0 Å². The van der Waals surface area contributed by atoms with Gasteiger partial charge in [0.1, 0.15) is 5.01 Å². The smallest absolute Gasteiger partial charge is 0.357 e. The summed E-state index contributed by atoms with van der Waals surface area (Å²) in [6.07, 6.45) is 6.02. The Morgan fingerprint density at radius 2 is 2.33 bits per heavy atom. The van der Waals surface area contributed by atoms with Crippen molar-refractivity contribution < 1.29 is 9.53 Å². The van der Waals surface area contributed by atoms with Gasteiger partial charge >= 0.3 is 5.97 Å². The monoisotopic (exact) mass is 263 g/mol. The van der Waals surface area contributed by atoms with Crippen LogP contribution in [0.5, 0.6) is 0 Å². The first-order chi connectivity index (χ1) is 8.70. The van der Waals surface area contributed by atoms with Crippen molar-refractivity contribution in [2.45, 2.75) is 25.8 Å². The van der Waals surface area contributed by atoms with Crippen LogP contribution < -0.4 is 0 Å². The molecule has 18 heavy (non-hydrogen) atoms. The summed E-state index contributed by atoms with van der Waals surface area (Å²) < 4.78 is 6.86. The third kappa shape index (κ3) is 1.82. The van der Waals surface area contributed by atoms with Crippen LogP contribution in [0.2, 0.25) is 0 Å². The second-order valence-electron chi connectivity index (χ2n) is 4.33. The standard InChI is InChI=1S/C12H13N3O2S/c1-7-10(12(16)17-2)14-11(18-7)9-5-13-6-15(9)8-3-4-8/h5-6,8H,3-4H2,1-2H3. The molecular formula is C12H13N3O2S. The number of imidazole rings is 1. The quantitative estimate of drug-likeness (QED) is 0.798. The van der Waals surface area contributed by atoms with Gasteiger partial charge in [0.25, 0.3) is 0 Å². The van der Waals surface area contributed by atoms with Crippen molar-refractivity contribution in [2.24, 2.45) is 0 Å². The fourth-order valence-corrected chi connectivity index (χ4v) is 2.82. The molecule has 2 heterocycles. The summed E-state index contributed by atoms with van der Waals surface area (Å²) in [4.78, 5) is 21.0. The molecule has 0 radical (unpaired) electrons. The maximum Gasteiger partial charge on any atom is 0.357 e. The fourth-order valence-electron chi connectivity index (χ4n) is 1.91. The van der Waals surface area contributed by atoms with Crippen LogP contribution >= 0.6 is 11.3 Å². The van der Waals surface area contributed by atoms with Gasteiger partial charge in [-0.2, -0.15) is 0 Å². The molecule has 2 aromatic heterocycles. The number of carbonyl (C=O) groups excluding carboxylic acids is 1. The largest absolute Gasteiger partial charge is 0.464 e. The Kier molecular flexibility index (Phi) is 2.66. The van der Waals surface area contributed by atoms with Gasteiger partial charge in [-0.05, 0) is 19.8 Å². The molecule has 1 aliphatic rings. The van der Waals surface area contributed by atoms with Gasteiger partial charge in [-0.25, -0.2) is 14.8 Å². The molecule has 0 atom stereocenters. The van der Waals surface area contributed by atoms with E-state index in [9.17, 15) is 4.79 Å². The second kappa shape index (κ2) is 4.20. The van der Waals surface area contributed by atoms with E-state index in [-0.39, 0.29) is 5.97 Å². The number of hydrogen-bond donors (Lipinski definition) is 0. The number of aromatic nitrogens is 3. The number of nitrogens with zero attached hydrogens (tertiary/aromatic N) is 3. The minimum Gasteiger partial charge on any atom is -0.464 e. The summed E-state index contributed by atoms with van der Waals surface area (Å²) in [6, 6.07) is 0.549. The van der Waals surface area contributed by atoms with E-state index in [1.807, 2.05) is 13.3 Å². The van der Waals surface area contributed by atoms with Gasteiger partial charge in [0.15, 0.2) is 5.69 Å². The molecule has 0 bridgehead atoms. The Labute approximate surface area is 108 Å². The molecule has 0 N–H and O–H groups in total. The fraction of sp³-hybridized carbons (Fsp3) is 0.417. The molecule has 1 fully saturated rings. The van der Waals surface area contributed by atoms with Crippen molar-refractivity contribution in [1.29, 1.82) is 0 Å². The Bertz CT molecular complexity index is 598. The Hall–Kier alpha value is -1.69. The molecule has 0 aromatic carbocycles. The number of methoxy groups -OCH3 is 1. The van der Waals surface area contributed by atoms with Crippen LogP contribution in [0.25, 0.3) is 10.7 Å². The van der Waals surface area contributed by atoms with Gasteiger partial charge in [0.2, 0.25) is 0 Å². The molecule has 1 aliphatic carbocycles. The number of carbonyl (C=O) groups is 1. The number of ether oxygens (including phenoxy) is 1. The van der Waals surface area contributed by atoms with Crippen LogP contribution in [0.4, 0.5) is 0 Å². The topological polar surface area (TPSA) is 57.0 Å². The van der Waals surface area contributed by atoms with Gasteiger partial charge < -0.3 is 9.30 Å². The first-order valence-corrected chi connectivity index (χ1v) is 6.60. The highest BCUT2D eigenvalue weighted by atomic mass is 32.1. The highest BCUT2D eigenvalue weighted by Gasteiger charge is 2.27. The van der Waals surface area contributed by atoms with E-state index in [0.29, 0.717) is 11.7 Å². The van der Waals surface area contributed by atoms with E-state index >= 15 is 0 Å². The SMILES string of the molecule is COC(=O)c1nc(-c2cncn2C2CC2)sc1C. The van der Waals surface area contributed by atoms with Crippen molar-refractivity contribution in [3.05, 3.63) is 23.1 Å². The van der Waals surface area contributed by atoms with Gasteiger partial charge in [-0.1, -0.05) is 0 Å². The lowest BCUT2D eigenvalue weighted by Gasteiger charge is -2.02. The Morgan fingerprint density at radius 3 is 3.00 bits per heavy atom. The summed E-state index contributed by atoms with van der Waals surface area (Å²) in [6.45, 7) is 1.88. The Balaban J connectivity index is 2.01. The lowest BCUT2D eigenvalue weighted by atomic mass is 10.4. The maximum absolute atomic E-state index is 11.5. The van der Waals surface area contributed by atoms with Gasteiger partial charge in [0, 0.05) is 10.9 Å². The first-order valence-electron chi connectivity index (χ1n) is 5.78. The normalized spacial score (nSPS) is 14.8. The average Bonchev–Trinajstić information content (AvgIpc) is 2.97. The number of thiazole rings is 1. The first kappa shape index (κ1) is 11.4. The molecule has 0 unspecified atom stereocenters. The van der Waals surface area contributed by atoms with E-state index in [0.717, 1.165) is 15.6 Å². The van der Waals surface area contributed by atoms with Crippen molar-refractivity contribution in [1.82, 2.24) is 14.5 Å². The van der Waals surface area contributed by atoms with E-state index in [1.54, 1.807) is 6.20 Å². The Morgan fingerprint density at radius 1 is 1.56 bits per heavy atom. The van der Waals surface area contributed by atoms with Crippen LogP contribution in [0, 0.1) is 6.92 Å². The lowest BCUT2D eigenvalue weighted by molar-refractivity contribution is 0.0594. The summed E-state index contributed by atoms with van der Waals surface area (Å²) in [5.74, 6) is -0.382. The molecule has 3 rings (SSSR count). The van der Waals surface area contributed by atoms with Crippen molar-refractivity contribution in [3.63, 3.8) is 0 Å². The summed E-state index contributed by atoms with van der Waals surface area (Å²) in [5.41, 5.74) is 1.39. The zero-order valence-corrected chi connectivity index (χ0v) is 11.0. The number of esters is 1. The van der Waals surface area contributed by atoms with Gasteiger partial charge in [-0.3, -0.25) is 0 Å². The summed E-state index contributed by atoms with van der Waals surface area (Å²) in [5, 5.41) is 0.831.